The second-order valence-electron chi connectivity index (χ2n) is 7.13. The third kappa shape index (κ3) is 5.57. The third-order valence-corrected chi connectivity index (χ3v) is 4.58. The van der Waals surface area contributed by atoms with Gasteiger partial charge in [-0.25, -0.2) is 4.79 Å². The molecule has 3 aromatic rings. The van der Waals surface area contributed by atoms with Crippen molar-refractivity contribution in [1.29, 1.82) is 0 Å². The number of rotatable bonds is 7. The van der Waals surface area contributed by atoms with Crippen LogP contribution >= 0.6 is 0 Å². The maximum atomic E-state index is 12.7. The zero-order valence-corrected chi connectivity index (χ0v) is 17.4. The lowest BCUT2D eigenvalue weighted by molar-refractivity contribution is -0.122. The molecule has 0 atom stereocenters. The Morgan fingerprint density at radius 1 is 0.839 bits per heavy atom. The van der Waals surface area contributed by atoms with E-state index < -0.39 is 12.6 Å². The predicted octanol–water partition coefficient (Wildman–Crippen LogP) is 4.54. The molecule has 0 aliphatic carbocycles. The monoisotopic (exact) mass is 416 g/mol. The minimum atomic E-state index is -0.686. The second kappa shape index (κ2) is 10.2. The number of nitrogens with one attached hydrogen (secondary N) is 1. The van der Waals surface area contributed by atoms with Crippen molar-refractivity contribution in [3.8, 4) is 0 Å². The first-order chi connectivity index (χ1) is 15.0. The van der Waals surface area contributed by atoms with E-state index in [4.69, 9.17) is 4.74 Å². The van der Waals surface area contributed by atoms with Crippen molar-refractivity contribution in [3.05, 3.63) is 96.1 Å². The summed E-state index contributed by atoms with van der Waals surface area (Å²) in [5.41, 5.74) is 1.69. The Hall–Kier alpha value is -3.93. The van der Waals surface area contributed by atoms with Crippen LogP contribution in [0.15, 0.2) is 84.9 Å². The Morgan fingerprint density at radius 3 is 2.06 bits per heavy atom. The number of anilines is 2. The van der Waals surface area contributed by atoms with Crippen LogP contribution in [-0.2, 0) is 9.53 Å². The number of para-hydroxylation sites is 2. The molecule has 1 N–H and O–H groups in total. The normalized spacial score (nSPS) is 10.4. The first kappa shape index (κ1) is 21.8. The van der Waals surface area contributed by atoms with E-state index in [2.05, 4.69) is 5.32 Å². The summed E-state index contributed by atoms with van der Waals surface area (Å²) in [4.78, 5) is 39.5. The molecule has 0 spiro atoms. The summed E-state index contributed by atoms with van der Waals surface area (Å²) in [6.07, 6.45) is 0. The maximum Gasteiger partial charge on any atom is 0.340 e. The van der Waals surface area contributed by atoms with Gasteiger partial charge in [-0.05, 0) is 50.2 Å². The average molecular weight is 416 g/mol. The zero-order chi connectivity index (χ0) is 22.2. The highest BCUT2D eigenvalue weighted by Gasteiger charge is 2.22. The van der Waals surface area contributed by atoms with Crippen LogP contribution in [0, 0.1) is 0 Å². The molecule has 0 radical (unpaired) electrons. The lowest BCUT2D eigenvalue weighted by Crippen LogP contribution is -2.39. The molecule has 0 fully saturated rings. The van der Waals surface area contributed by atoms with Crippen LogP contribution in [0.1, 0.15) is 34.6 Å². The lowest BCUT2D eigenvalue weighted by atomic mass is 10.1. The molecule has 6 nitrogen and oxygen atoms in total. The van der Waals surface area contributed by atoms with Gasteiger partial charge in [0.2, 0.25) is 0 Å². The highest BCUT2D eigenvalue weighted by atomic mass is 16.5. The molecule has 0 aromatic heterocycles. The summed E-state index contributed by atoms with van der Waals surface area (Å²) in [6.45, 7) is 3.37. The second-order valence-corrected chi connectivity index (χ2v) is 7.13. The van der Waals surface area contributed by atoms with Gasteiger partial charge in [-0.2, -0.15) is 0 Å². The van der Waals surface area contributed by atoms with Gasteiger partial charge < -0.3 is 15.0 Å². The van der Waals surface area contributed by atoms with Crippen LogP contribution in [-0.4, -0.2) is 30.4 Å². The lowest BCUT2D eigenvalue weighted by Gasteiger charge is -2.26. The van der Waals surface area contributed by atoms with Crippen molar-refractivity contribution in [2.24, 2.45) is 0 Å². The number of ether oxygens (including phenoxy) is 1. The standard InChI is InChI=1S/C25H24N2O4/c1-18(2)27(20-13-7-4-8-14-20)23(28)17-31-25(30)21-15-9-10-16-22(21)26-24(29)19-11-5-3-6-12-19/h3-16,18H,17H2,1-2H3,(H,26,29). The topological polar surface area (TPSA) is 75.7 Å². The van der Waals surface area contributed by atoms with E-state index in [0.717, 1.165) is 5.69 Å². The smallest absolute Gasteiger partial charge is 0.340 e. The van der Waals surface area contributed by atoms with Crippen LogP contribution in [0.2, 0.25) is 0 Å². The first-order valence-electron chi connectivity index (χ1n) is 9.97. The minimum absolute atomic E-state index is 0.106. The number of esters is 1. The zero-order valence-electron chi connectivity index (χ0n) is 17.4. The van der Waals surface area contributed by atoms with E-state index in [1.807, 2.05) is 50.2 Å². The minimum Gasteiger partial charge on any atom is -0.452 e. The summed E-state index contributed by atoms with van der Waals surface area (Å²) in [5.74, 6) is -1.36. The fourth-order valence-electron chi connectivity index (χ4n) is 3.15. The van der Waals surface area contributed by atoms with Crippen LogP contribution < -0.4 is 10.2 Å². The molecule has 0 aliphatic heterocycles. The van der Waals surface area contributed by atoms with Gasteiger partial charge in [0.25, 0.3) is 11.8 Å². The molecule has 0 heterocycles. The number of amides is 2. The molecule has 3 aromatic carbocycles. The van der Waals surface area contributed by atoms with E-state index in [-0.39, 0.29) is 23.4 Å². The molecule has 2 amide bonds. The van der Waals surface area contributed by atoms with E-state index >= 15 is 0 Å². The van der Waals surface area contributed by atoms with Crippen molar-refractivity contribution >= 4 is 29.2 Å². The largest absolute Gasteiger partial charge is 0.452 e. The molecule has 0 unspecified atom stereocenters. The number of benzene rings is 3. The Bertz CT molecular complexity index is 1050. The summed E-state index contributed by atoms with van der Waals surface area (Å²) in [7, 11) is 0. The van der Waals surface area contributed by atoms with E-state index in [9.17, 15) is 14.4 Å². The fraction of sp³-hybridized carbons (Fsp3) is 0.160. The molecular weight excluding hydrogens is 392 g/mol. The van der Waals surface area contributed by atoms with Gasteiger partial charge in [0.15, 0.2) is 6.61 Å². The number of hydrogen-bond donors (Lipinski definition) is 1. The van der Waals surface area contributed by atoms with Gasteiger partial charge in [-0.15, -0.1) is 0 Å². The SMILES string of the molecule is CC(C)N(C(=O)COC(=O)c1ccccc1NC(=O)c1ccccc1)c1ccccc1. The van der Waals surface area contributed by atoms with E-state index in [0.29, 0.717) is 11.3 Å². The molecule has 31 heavy (non-hydrogen) atoms. The van der Waals surface area contributed by atoms with E-state index in [1.54, 1.807) is 53.4 Å². The maximum absolute atomic E-state index is 12.7. The fourth-order valence-corrected chi connectivity index (χ4v) is 3.15. The quantitative estimate of drug-likeness (QED) is 0.574. The van der Waals surface area contributed by atoms with Crippen molar-refractivity contribution in [1.82, 2.24) is 0 Å². The molecule has 0 saturated heterocycles. The van der Waals surface area contributed by atoms with Gasteiger partial charge in [-0.3, -0.25) is 9.59 Å². The van der Waals surface area contributed by atoms with Crippen LogP contribution in [0.5, 0.6) is 0 Å². The Kier molecular flexibility index (Phi) is 7.17. The van der Waals surface area contributed by atoms with Crippen molar-refractivity contribution in [2.45, 2.75) is 19.9 Å². The van der Waals surface area contributed by atoms with Gasteiger partial charge in [-0.1, -0.05) is 48.5 Å². The van der Waals surface area contributed by atoms with Crippen molar-refractivity contribution < 1.29 is 19.1 Å². The molecular formula is C25H24N2O4. The highest BCUT2D eigenvalue weighted by Crippen LogP contribution is 2.19. The number of nitrogens with zero attached hydrogens (tertiary/aromatic N) is 1. The number of carbonyl (C=O) groups excluding carboxylic acids is 3. The van der Waals surface area contributed by atoms with Gasteiger partial charge in [0, 0.05) is 17.3 Å². The Labute approximate surface area is 181 Å². The van der Waals surface area contributed by atoms with Gasteiger partial charge >= 0.3 is 5.97 Å². The van der Waals surface area contributed by atoms with E-state index in [1.165, 1.54) is 0 Å². The summed E-state index contributed by atoms with van der Waals surface area (Å²) in [5, 5.41) is 2.73. The summed E-state index contributed by atoms with van der Waals surface area (Å²) in [6, 6.07) is 24.3. The highest BCUT2D eigenvalue weighted by molar-refractivity contribution is 6.08. The van der Waals surface area contributed by atoms with Crippen molar-refractivity contribution in [2.75, 3.05) is 16.8 Å². The predicted molar refractivity (Wildman–Crippen MR) is 120 cm³/mol. The number of carbonyl (C=O) groups is 3. The Morgan fingerprint density at radius 2 is 1.42 bits per heavy atom. The summed E-state index contributed by atoms with van der Waals surface area (Å²) < 4.78 is 5.29. The van der Waals surface area contributed by atoms with Crippen LogP contribution in [0.3, 0.4) is 0 Å². The van der Waals surface area contributed by atoms with Gasteiger partial charge in [0.05, 0.1) is 11.3 Å². The molecule has 6 heteroatoms. The molecule has 3 rings (SSSR count). The third-order valence-electron chi connectivity index (χ3n) is 4.58. The van der Waals surface area contributed by atoms with Gasteiger partial charge in [0.1, 0.15) is 0 Å². The first-order valence-corrected chi connectivity index (χ1v) is 9.97. The average Bonchev–Trinajstić information content (AvgIpc) is 2.79. The van der Waals surface area contributed by atoms with Crippen molar-refractivity contribution in [3.63, 3.8) is 0 Å². The summed E-state index contributed by atoms with van der Waals surface area (Å²) >= 11 is 0. The molecule has 0 saturated carbocycles. The molecule has 0 bridgehead atoms. The number of hydrogen-bond acceptors (Lipinski definition) is 4. The van der Waals surface area contributed by atoms with Crippen LogP contribution in [0.25, 0.3) is 0 Å². The molecule has 0 aliphatic rings. The van der Waals surface area contributed by atoms with Crippen LogP contribution in [0.4, 0.5) is 11.4 Å². The Balaban J connectivity index is 1.69. The molecule has 158 valence electrons.